The van der Waals surface area contributed by atoms with E-state index in [0.717, 1.165) is 32.1 Å². The number of carboxylic acids is 1. The minimum atomic E-state index is -0.640. The maximum absolute atomic E-state index is 11.6. The van der Waals surface area contributed by atoms with Gasteiger partial charge in [0, 0.05) is 11.3 Å². The zero-order valence-electron chi connectivity index (χ0n) is 10.7. The van der Waals surface area contributed by atoms with Crippen molar-refractivity contribution < 1.29 is 9.90 Å². The van der Waals surface area contributed by atoms with E-state index in [9.17, 15) is 9.90 Å². The second-order valence-electron chi connectivity index (χ2n) is 5.71. The summed E-state index contributed by atoms with van der Waals surface area (Å²) in [4.78, 5) is 11.6. The lowest BCUT2D eigenvalue weighted by molar-refractivity contribution is -0.146. The lowest BCUT2D eigenvalue weighted by Gasteiger charge is -2.38. The summed E-state index contributed by atoms with van der Waals surface area (Å²) in [5.41, 5.74) is -0.633. The van der Waals surface area contributed by atoms with Gasteiger partial charge in [-0.2, -0.15) is 11.8 Å². The first kappa shape index (κ1) is 13.2. The molecule has 0 heterocycles. The SMILES string of the molecule is CC(C)SC1CCCC(NC2CC2)(C(=O)O)C1. The molecule has 0 aromatic carbocycles. The molecule has 2 aliphatic carbocycles. The molecule has 98 valence electrons. The van der Waals surface area contributed by atoms with Crippen LogP contribution in [0.1, 0.15) is 52.4 Å². The third-order valence-electron chi connectivity index (χ3n) is 3.64. The van der Waals surface area contributed by atoms with Crippen LogP contribution in [0.2, 0.25) is 0 Å². The summed E-state index contributed by atoms with van der Waals surface area (Å²) in [6.45, 7) is 4.38. The predicted molar refractivity (Wildman–Crippen MR) is 71.5 cm³/mol. The Morgan fingerprint density at radius 1 is 1.41 bits per heavy atom. The Morgan fingerprint density at radius 2 is 2.12 bits per heavy atom. The lowest BCUT2D eigenvalue weighted by atomic mass is 9.81. The fourth-order valence-electron chi connectivity index (χ4n) is 2.73. The molecule has 3 nitrogen and oxygen atoms in total. The van der Waals surface area contributed by atoms with Crippen molar-refractivity contribution in [2.75, 3.05) is 0 Å². The van der Waals surface area contributed by atoms with Crippen LogP contribution in [-0.2, 0) is 4.79 Å². The highest BCUT2D eigenvalue weighted by atomic mass is 32.2. The number of hydrogen-bond donors (Lipinski definition) is 2. The standard InChI is InChI=1S/C13H23NO2S/c1-9(2)17-11-4-3-7-13(8-11,12(15)16)14-10-5-6-10/h9-11,14H,3-8H2,1-2H3,(H,15,16). The molecular formula is C13H23NO2S. The number of carbonyl (C=O) groups is 1. The number of carboxylic acid groups (broad SMARTS) is 1. The van der Waals surface area contributed by atoms with Gasteiger partial charge in [-0.15, -0.1) is 0 Å². The van der Waals surface area contributed by atoms with Crippen molar-refractivity contribution in [3.63, 3.8) is 0 Å². The van der Waals surface area contributed by atoms with Gasteiger partial charge in [0.2, 0.25) is 0 Å². The van der Waals surface area contributed by atoms with E-state index < -0.39 is 11.5 Å². The highest BCUT2D eigenvalue weighted by Gasteiger charge is 2.46. The average molecular weight is 257 g/mol. The van der Waals surface area contributed by atoms with Gasteiger partial charge >= 0.3 is 5.97 Å². The molecular weight excluding hydrogens is 234 g/mol. The van der Waals surface area contributed by atoms with E-state index >= 15 is 0 Å². The van der Waals surface area contributed by atoms with E-state index in [1.54, 1.807) is 0 Å². The van der Waals surface area contributed by atoms with Crippen molar-refractivity contribution >= 4 is 17.7 Å². The molecule has 2 rings (SSSR count). The Labute approximate surface area is 108 Å². The van der Waals surface area contributed by atoms with Gasteiger partial charge in [-0.25, -0.2) is 0 Å². The van der Waals surface area contributed by atoms with Crippen molar-refractivity contribution in [1.82, 2.24) is 5.32 Å². The van der Waals surface area contributed by atoms with Crippen LogP contribution < -0.4 is 5.32 Å². The van der Waals surface area contributed by atoms with E-state index in [0.29, 0.717) is 16.5 Å². The van der Waals surface area contributed by atoms with E-state index in [1.165, 1.54) is 6.42 Å². The van der Waals surface area contributed by atoms with Crippen molar-refractivity contribution in [1.29, 1.82) is 0 Å². The molecule has 0 saturated heterocycles. The molecule has 0 aromatic heterocycles. The van der Waals surface area contributed by atoms with Gasteiger partial charge in [0.05, 0.1) is 0 Å². The molecule has 2 unspecified atom stereocenters. The molecule has 2 saturated carbocycles. The number of hydrogen-bond acceptors (Lipinski definition) is 3. The van der Waals surface area contributed by atoms with Crippen LogP contribution in [0.3, 0.4) is 0 Å². The molecule has 0 aliphatic heterocycles. The predicted octanol–water partition coefficient (Wildman–Crippen LogP) is 2.65. The highest BCUT2D eigenvalue weighted by Crippen LogP contribution is 2.38. The van der Waals surface area contributed by atoms with Crippen molar-refractivity contribution in [2.45, 2.75) is 74.5 Å². The topological polar surface area (TPSA) is 49.3 Å². The molecule has 17 heavy (non-hydrogen) atoms. The zero-order valence-corrected chi connectivity index (χ0v) is 11.6. The summed E-state index contributed by atoms with van der Waals surface area (Å²) < 4.78 is 0. The monoisotopic (exact) mass is 257 g/mol. The minimum absolute atomic E-state index is 0.467. The summed E-state index contributed by atoms with van der Waals surface area (Å²) in [7, 11) is 0. The van der Waals surface area contributed by atoms with Crippen molar-refractivity contribution in [2.24, 2.45) is 0 Å². The minimum Gasteiger partial charge on any atom is -0.480 e. The summed E-state index contributed by atoms with van der Waals surface area (Å²) in [5.74, 6) is -0.640. The average Bonchev–Trinajstić information content (AvgIpc) is 3.00. The molecule has 0 amide bonds. The molecule has 0 aromatic rings. The van der Waals surface area contributed by atoms with E-state index in [1.807, 2.05) is 11.8 Å². The summed E-state index contributed by atoms with van der Waals surface area (Å²) in [6.07, 6.45) is 6.10. The maximum atomic E-state index is 11.6. The molecule has 0 spiro atoms. The third kappa shape index (κ3) is 3.38. The third-order valence-corrected chi connectivity index (χ3v) is 4.97. The Morgan fingerprint density at radius 3 is 2.65 bits per heavy atom. The maximum Gasteiger partial charge on any atom is 0.323 e. The van der Waals surface area contributed by atoms with E-state index in [2.05, 4.69) is 19.2 Å². The number of nitrogens with one attached hydrogen (secondary N) is 1. The van der Waals surface area contributed by atoms with E-state index in [-0.39, 0.29) is 0 Å². The molecule has 2 fully saturated rings. The van der Waals surface area contributed by atoms with Crippen LogP contribution in [0.25, 0.3) is 0 Å². The second kappa shape index (κ2) is 5.19. The quantitative estimate of drug-likeness (QED) is 0.795. The van der Waals surface area contributed by atoms with Gasteiger partial charge in [-0.05, 0) is 43.8 Å². The molecule has 2 aliphatic rings. The summed E-state index contributed by atoms with van der Waals surface area (Å²) in [6, 6.07) is 0.467. The van der Waals surface area contributed by atoms with Gasteiger partial charge in [0.1, 0.15) is 5.54 Å². The van der Waals surface area contributed by atoms with Crippen LogP contribution >= 0.6 is 11.8 Å². The van der Waals surface area contributed by atoms with Crippen LogP contribution in [0.15, 0.2) is 0 Å². The van der Waals surface area contributed by atoms with Crippen molar-refractivity contribution in [3.8, 4) is 0 Å². The first-order chi connectivity index (χ1) is 8.02. The number of rotatable bonds is 5. The van der Waals surface area contributed by atoms with E-state index in [4.69, 9.17) is 0 Å². The molecule has 2 N–H and O–H groups in total. The van der Waals surface area contributed by atoms with Gasteiger partial charge < -0.3 is 5.11 Å². The Kier molecular flexibility index (Phi) is 4.03. The molecule has 0 radical (unpaired) electrons. The fourth-order valence-corrected chi connectivity index (χ4v) is 4.18. The largest absolute Gasteiger partial charge is 0.480 e. The lowest BCUT2D eigenvalue weighted by Crippen LogP contribution is -2.56. The molecule has 0 bridgehead atoms. The molecule has 2 atom stereocenters. The van der Waals surface area contributed by atoms with Gasteiger partial charge in [-0.1, -0.05) is 13.8 Å². The van der Waals surface area contributed by atoms with Gasteiger partial charge in [0.15, 0.2) is 0 Å². The molecule has 4 heteroatoms. The first-order valence-electron chi connectivity index (χ1n) is 6.68. The Hall–Kier alpha value is -0.220. The summed E-state index contributed by atoms with van der Waals surface area (Å²) in [5, 5.41) is 14.0. The van der Waals surface area contributed by atoms with Gasteiger partial charge in [-0.3, -0.25) is 10.1 Å². The van der Waals surface area contributed by atoms with Crippen LogP contribution in [0.5, 0.6) is 0 Å². The first-order valence-corrected chi connectivity index (χ1v) is 7.63. The van der Waals surface area contributed by atoms with Crippen LogP contribution in [0.4, 0.5) is 0 Å². The number of aliphatic carboxylic acids is 1. The Balaban J connectivity index is 2.01. The zero-order chi connectivity index (χ0) is 12.5. The van der Waals surface area contributed by atoms with Crippen molar-refractivity contribution in [3.05, 3.63) is 0 Å². The fraction of sp³-hybridized carbons (Fsp3) is 0.923. The Bertz CT molecular complexity index is 291. The summed E-state index contributed by atoms with van der Waals surface area (Å²) >= 11 is 1.94. The second-order valence-corrected chi connectivity index (χ2v) is 7.59. The van der Waals surface area contributed by atoms with Crippen LogP contribution in [-0.4, -0.2) is 33.2 Å². The number of thioether (sulfide) groups is 1. The van der Waals surface area contributed by atoms with Crippen LogP contribution in [0, 0.1) is 0 Å². The smallest absolute Gasteiger partial charge is 0.323 e. The highest BCUT2D eigenvalue weighted by molar-refractivity contribution is 8.00. The normalized spacial score (nSPS) is 33.9. The van der Waals surface area contributed by atoms with Gasteiger partial charge in [0.25, 0.3) is 0 Å².